The second kappa shape index (κ2) is 4.26. The molecule has 0 spiro atoms. The van der Waals surface area contributed by atoms with E-state index < -0.39 is 0 Å². The predicted octanol–water partition coefficient (Wildman–Crippen LogP) is 2.85. The highest BCUT2D eigenvalue weighted by atomic mass is 16.1. The van der Waals surface area contributed by atoms with E-state index in [1.54, 1.807) is 0 Å². The third kappa shape index (κ3) is 2.44. The normalized spacial score (nSPS) is 14.7. The highest BCUT2D eigenvalue weighted by Gasteiger charge is 2.14. The number of carbonyl (C=O) groups is 1. The van der Waals surface area contributed by atoms with Gasteiger partial charge in [0, 0.05) is 6.42 Å². The number of hydrogen-bond acceptors (Lipinski definition) is 1. The first-order valence-corrected chi connectivity index (χ1v) is 5.19. The van der Waals surface area contributed by atoms with E-state index in [1.807, 2.05) is 55.5 Å². The molecule has 0 heterocycles. The zero-order valence-electron chi connectivity index (χ0n) is 8.81. The number of rotatable bonds is 3. The number of aryl methyl sites for hydroxylation is 1. The van der Waals surface area contributed by atoms with Gasteiger partial charge in [-0.25, -0.2) is 0 Å². The van der Waals surface area contributed by atoms with Crippen LogP contribution in [0.15, 0.2) is 48.6 Å². The van der Waals surface area contributed by atoms with E-state index in [0.29, 0.717) is 6.42 Å². The first-order valence-electron chi connectivity index (χ1n) is 5.19. The van der Waals surface area contributed by atoms with Crippen LogP contribution in [0, 0.1) is 12.8 Å². The van der Waals surface area contributed by atoms with Crippen molar-refractivity contribution in [3.8, 4) is 0 Å². The molecule has 1 heteroatoms. The molecule has 0 radical (unpaired) electrons. The average Bonchev–Trinajstić information content (AvgIpc) is 2.74. The van der Waals surface area contributed by atoms with Gasteiger partial charge in [0.25, 0.3) is 0 Å². The summed E-state index contributed by atoms with van der Waals surface area (Å²) in [6.07, 6.45) is 8.27. The van der Waals surface area contributed by atoms with E-state index in [9.17, 15) is 4.79 Å². The number of ketones is 1. The van der Waals surface area contributed by atoms with Gasteiger partial charge in [-0.1, -0.05) is 54.1 Å². The fourth-order valence-electron chi connectivity index (χ4n) is 1.67. The highest BCUT2D eigenvalue weighted by Crippen LogP contribution is 2.13. The van der Waals surface area contributed by atoms with Crippen molar-refractivity contribution >= 4 is 5.78 Å². The SMILES string of the molecule is Cc1ccc(CC(=O)C2C=CC=C2)cc1. The Balaban J connectivity index is 2.02. The number of benzene rings is 1. The Hall–Kier alpha value is -1.63. The zero-order valence-corrected chi connectivity index (χ0v) is 8.81. The van der Waals surface area contributed by atoms with Crippen molar-refractivity contribution in [1.29, 1.82) is 0 Å². The van der Waals surface area contributed by atoms with Gasteiger partial charge in [-0.05, 0) is 12.5 Å². The quantitative estimate of drug-likeness (QED) is 0.730. The number of allylic oxidation sites excluding steroid dienone is 4. The summed E-state index contributed by atoms with van der Waals surface area (Å²) >= 11 is 0. The highest BCUT2D eigenvalue weighted by molar-refractivity contribution is 5.87. The van der Waals surface area contributed by atoms with Crippen LogP contribution in [0.25, 0.3) is 0 Å². The summed E-state index contributed by atoms with van der Waals surface area (Å²) in [6.45, 7) is 2.05. The second-order valence-corrected chi connectivity index (χ2v) is 3.92. The van der Waals surface area contributed by atoms with E-state index in [4.69, 9.17) is 0 Å². The zero-order chi connectivity index (χ0) is 10.7. The molecule has 1 aromatic carbocycles. The van der Waals surface area contributed by atoms with Gasteiger partial charge < -0.3 is 0 Å². The molecule has 76 valence electrons. The second-order valence-electron chi connectivity index (χ2n) is 3.92. The largest absolute Gasteiger partial charge is 0.298 e. The van der Waals surface area contributed by atoms with Crippen LogP contribution >= 0.6 is 0 Å². The number of hydrogen-bond donors (Lipinski definition) is 0. The van der Waals surface area contributed by atoms with Gasteiger partial charge in [-0.3, -0.25) is 4.79 Å². The fraction of sp³-hybridized carbons (Fsp3) is 0.214. The van der Waals surface area contributed by atoms with Gasteiger partial charge in [0.15, 0.2) is 0 Å². The van der Waals surface area contributed by atoms with Crippen LogP contribution in [-0.2, 0) is 11.2 Å². The van der Waals surface area contributed by atoms with E-state index in [1.165, 1.54) is 5.56 Å². The monoisotopic (exact) mass is 198 g/mol. The number of Topliss-reactive ketones (excluding diaryl/α,β-unsaturated/α-hetero) is 1. The maximum absolute atomic E-state index is 11.8. The van der Waals surface area contributed by atoms with E-state index in [0.717, 1.165) is 5.56 Å². The summed E-state index contributed by atoms with van der Waals surface area (Å²) in [7, 11) is 0. The standard InChI is InChI=1S/C14H14O/c1-11-6-8-12(9-7-11)10-14(15)13-4-2-3-5-13/h2-9,13H,10H2,1H3. The Morgan fingerprint density at radius 2 is 1.73 bits per heavy atom. The van der Waals surface area contributed by atoms with Gasteiger partial charge in [0.1, 0.15) is 5.78 Å². The lowest BCUT2D eigenvalue weighted by molar-refractivity contribution is -0.119. The van der Waals surface area contributed by atoms with Crippen molar-refractivity contribution in [2.45, 2.75) is 13.3 Å². The molecule has 0 unspecified atom stereocenters. The maximum atomic E-state index is 11.8. The lowest BCUT2D eigenvalue weighted by atomic mass is 9.99. The first kappa shape index (κ1) is 9.91. The summed E-state index contributed by atoms with van der Waals surface area (Å²) in [4.78, 5) is 11.8. The molecular weight excluding hydrogens is 184 g/mol. The fourth-order valence-corrected chi connectivity index (χ4v) is 1.67. The maximum Gasteiger partial charge on any atom is 0.147 e. The molecule has 1 aliphatic rings. The van der Waals surface area contributed by atoms with Crippen molar-refractivity contribution in [2.75, 3.05) is 0 Å². The molecule has 15 heavy (non-hydrogen) atoms. The lowest BCUT2D eigenvalue weighted by Gasteiger charge is -2.04. The van der Waals surface area contributed by atoms with Gasteiger partial charge >= 0.3 is 0 Å². The van der Waals surface area contributed by atoms with Crippen molar-refractivity contribution < 1.29 is 4.79 Å². The Labute approximate surface area is 90.1 Å². The summed E-state index contributed by atoms with van der Waals surface area (Å²) in [5.74, 6) is 0.259. The molecule has 1 aromatic rings. The van der Waals surface area contributed by atoms with Crippen LogP contribution in [0.5, 0.6) is 0 Å². The topological polar surface area (TPSA) is 17.1 Å². The Kier molecular flexibility index (Phi) is 2.82. The first-order chi connectivity index (χ1) is 7.25. The molecule has 0 bridgehead atoms. The van der Waals surface area contributed by atoms with E-state index >= 15 is 0 Å². The van der Waals surface area contributed by atoms with Crippen molar-refractivity contribution in [2.24, 2.45) is 5.92 Å². The molecule has 0 aliphatic heterocycles. The van der Waals surface area contributed by atoms with Crippen molar-refractivity contribution in [3.05, 3.63) is 59.7 Å². The van der Waals surface area contributed by atoms with Crippen LogP contribution < -0.4 is 0 Å². The van der Waals surface area contributed by atoms with Gasteiger partial charge in [-0.2, -0.15) is 0 Å². The average molecular weight is 198 g/mol. The van der Waals surface area contributed by atoms with Crippen LogP contribution in [0.4, 0.5) is 0 Å². The van der Waals surface area contributed by atoms with Gasteiger partial charge in [0.05, 0.1) is 5.92 Å². The molecular formula is C14H14O. The predicted molar refractivity (Wildman–Crippen MR) is 61.7 cm³/mol. The Morgan fingerprint density at radius 1 is 1.13 bits per heavy atom. The summed E-state index contributed by atoms with van der Waals surface area (Å²) in [5.41, 5.74) is 2.33. The van der Waals surface area contributed by atoms with E-state index in [-0.39, 0.29) is 11.7 Å². The number of carbonyl (C=O) groups excluding carboxylic acids is 1. The molecule has 0 fully saturated rings. The molecule has 1 aliphatic carbocycles. The van der Waals surface area contributed by atoms with Crippen LogP contribution in [0.1, 0.15) is 11.1 Å². The molecule has 0 saturated carbocycles. The van der Waals surface area contributed by atoms with Gasteiger partial charge in [-0.15, -0.1) is 0 Å². The molecule has 0 N–H and O–H groups in total. The summed E-state index contributed by atoms with van der Waals surface area (Å²) < 4.78 is 0. The lowest BCUT2D eigenvalue weighted by Crippen LogP contribution is -2.11. The summed E-state index contributed by atoms with van der Waals surface area (Å²) in [5, 5.41) is 0. The van der Waals surface area contributed by atoms with Crippen LogP contribution in [0.2, 0.25) is 0 Å². The van der Waals surface area contributed by atoms with E-state index in [2.05, 4.69) is 0 Å². The minimum Gasteiger partial charge on any atom is -0.298 e. The Morgan fingerprint density at radius 3 is 2.33 bits per heavy atom. The summed E-state index contributed by atoms with van der Waals surface area (Å²) in [6, 6.07) is 8.14. The molecule has 0 saturated heterocycles. The van der Waals surface area contributed by atoms with Crippen molar-refractivity contribution in [3.63, 3.8) is 0 Å². The minimum atomic E-state index is -0.00805. The molecule has 2 rings (SSSR count). The molecule has 0 aromatic heterocycles. The van der Waals surface area contributed by atoms with Crippen molar-refractivity contribution in [1.82, 2.24) is 0 Å². The van der Waals surface area contributed by atoms with Crippen LogP contribution in [-0.4, -0.2) is 5.78 Å². The third-order valence-corrected chi connectivity index (χ3v) is 2.62. The van der Waals surface area contributed by atoms with Gasteiger partial charge in [0.2, 0.25) is 0 Å². The Bertz CT molecular complexity index is 397. The molecule has 0 amide bonds. The smallest absolute Gasteiger partial charge is 0.147 e. The molecule has 0 atom stereocenters. The molecule has 1 nitrogen and oxygen atoms in total. The third-order valence-electron chi connectivity index (χ3n) is 2.62. The minimum absolute atomic E-state index is 0.00805. The van der Waals surface area contributed by atoms with Crippen LogP contribution in [0.3, 0.4) is 0 Å².